The first-order chi connectivity index (χ1) is 16.8. The minimum absolute atomic E-state index is 0.0918. The summed E-state index contributed by atoms with van der Waals surface area (Å²) in [4.78, 5) is 28.8. The summed E-state index contributed by atoms with van der Waals surface area (Å²) in [5, 5.41) is 1.35. The summed E-state index contributed by atoms with van der Waals surface area (Å²) in [5.41, 5.74) is 3.97. The van der Waals surface area contributed by atoms with E-state index in [1.54, 1.807) is 4.90 Å². The molecule has 3 heterocycles. The van der Waals surface area contributed by atoms with Gasteiger partial charge in [-0.05, 0) is 42.8 Å². The molecule has 180 valence electrons. The Morgan fingerprint density at radius 1 is 1.00 bits per heavy atom. The van der Waals surface area contributed by atoms with Crippen LogP contribution in [0.25, 0.3) is 22.3 Å². The second kappa shape index (κ2) is 9.31. The summed E-state index contributed by atoms with van der Waals surface area (Å²) in [6, 6.07) is 16.2. The van der Waals surface area contributed by atoms with Crippen molar-refractivity contribution in [1.82, 2.24) is 19.9 Å². The summed E-state index contributed by atoms with van der Waals surface area (Å²) in [5.74, 6) is -0.175. The van der Waals surface area contributed by atoms with Crippen LogP contribution in [-0.2, 0) is 14.6 Å². The number of carbonyl (C=O) groups is 1. The predicted octanol–water partition coefficient (Wildman–Crippen LogP) is 3.71. The highest BCUT2D eigenvalue weighted by Gasteiger charge is 2.27. The number of halogens is 1. The molecule has 2 aromatic heterocycles. The van der Waals surface area contributed by atoms with Crippen molar-refractivity contribution in [2.45, 2.75) is 11.8 Å². The minimum atomic E-state index is -3.73. The van der Waals surface area contributed by atoms with Crippen LogP contribution in [0.4, 0.5) is 5.82 Å². The number of amides is 1. The van der Waals surface area contributed by atoms with Gasteiger partial charge in [0.05, 0.1) is 10.3 Å². The number of sulfone groups is 1. The highest BCUT2D eigenvalue weighted by molar-refractivity contribution is 7.92. The fraction of sp³-hybridized carbons (Fsp3) is 0.240. The first-order valence-corrected chi connectivity index (χ1v) is 13.2. The van der Waals surface area contributed by atoms with Crippen LogP contribution < -0.4 is 4.90 Å². The Kier molecular flexibility index (Phi) is 6.21. The third kappa shape index (κ3) is 4.87. The van der Waals surface area contributed by atoms with Crippen molar-refractivity contribution in [2.24, 2.45) is 0 Å². The van der Waals surface area contributed by atoms with Gasteiger partial charge in [-0.15, -0.1) is 0 Å². The molecule has 0 saturated carbocycles. The van der Waals surface area contributed by atoms with Crippen molar-refractivity contribution in [3.63, 3.8) is 0 Å². The van der Waals surface area contributed by atoms with Crippen LogP contribution >= 0.6 is 11.6 Å². The lowest BCUT2D eigenvalue weighted by Crippen LogP contribution is -2.50. The Morgan fingerprint density at radius 2 is 1.69 bits per heavy atom. The maximum absolute atomic E-state index is 12.8. The average molecular weight is 510 g/mol. The molecule has 1 aliphatic rings. The van der Waals surface area contributed by atoms with E-state index in [4.69, 9.17) is 11.6 Å². The van der Waals surface area contributed by atoms with Crippen molar-refractivity contribution < 1.29 is 13.2 Å². The van der Waals surface area contributed by atoms with Gasteiger partial charge in [0.15, 0.2) is 9.84 Å². The van der Waals surface area contributed by atoms with E-state index in [-0.39, 0.29) is 4.90 Å². The molecule has 0 bridgehead atoms. The number of hydrogen-bond donors (Lipinski definition) is 1. The van der Waals surface area contributed by atoms with E-state index in [1.165, 1.54) is 36.2 Å². The minimum Gasteiger partial charge on any atom is -0.352 e. The van der Waals surface area contributed by atoms with Crippen LogP contribution in [0.2, 0.25) is 5.02 Å². The van der Waals surface area contributed by atoms with Gasteiger partial charge in [-0.2, -0.15) is 0 Å². The molecule has 4 aromatic rings. The van der Waals surface area contributed by atoms with Crippen molar-refractivity contribution in [2.75, 3.05) is 36.8 Å². The Hall–Kier alpha value is -3.43. The number of aromatic amines is 1. The van der Waals surface area contributed by atoms with E-state index in [2.05, 4.69) is 51.0 Å². The maximum Gasteiger partial charge on any atom is 0.238 e. The number of nitrogens with zero attached hydrogens (tertiary/aromatic N) is 4. The quantitative estimate of drug-likeness (QED) is 0.440. The second-order valence-electron chi connectivity index (χ2n) is 8.59. The van der Waals surface area contributed by atoms with Crippen LogP contribution in [0.5, 0.6) is 0 Å². The number of piperazine rings is 1. The molecule has 35 heavy (non-hydrogen) atoms. The Balaban J connectivity index is 1.28. The number of carbonyl (C=O) groups excluding carboxylic acids is 1. The molecule has 1 aliphatic heterocycles. The molecule has 1 amide bonds. The van der Waals surface area contributed by atoms with Crippen LogP contribution in [0.1, 0.15) is 5.56 Å². The van der Waals surface area contributed by atoms with E-state index in [1.807, 2.05) is 6.07 Å². The number of fused-ring (bicyclic) bond motifs is 1. The number of rotatable bonds is 5. The average Bonchev–Trinajstić information content (AvgIpc) is 3.29. The molecule has 0 unspecified atom stereocenters. The Labute approximate surface area is 208 Å². The van der Waals surface area contributed by atoms with Gasteiger partial charge in [-0.1, -0.05) is 41.4 Å². The molecule has 10 heteroatoms. The molecule has 1 saturated heterocycles. The molecule has 0 spiro atoms. The zero-order valence-electron chi connectivity index (χ0n) is 19.1. The number of aromatic nitrogens is 3. The fourth-order valence-electron chi connectivity index (χ4n) is 4.21. The van der Waals surface area contributed by atoms with Crippen LogP contribution in [-0.4, -0.2) is 66.1 Å². The van der Waals surface area contributed by atoms with Gasteiger partial charge in [0, 0.05) is 36.9 Å². The van der Waals surface area contributed by atoms with Crippen LogP contribution in [0.15, 0.2) is 65.8 Å². The summed E-state index contributed by atoms with van der Waals surface area (Å²) in [6.45, 7) is 3.97. The molecule has 2 aromatic carbocycles. The topological polar surface area (TPSA) is 99.3 Å². The molecule has 5 rings (SSSR count). The van der Waals surface area contributed by atoms with Gasteiger partial charge in [-0.25, -0.2) is 18.4 Å². The molecule has 1 fully saturated rings. The van der Waals surface area contributed by atoms with Crippen molar-refractivity contribution in [1.29, 1.82) is 0 Å². The van der Waals surface area contributed by atoms with Gasteiger partial charge in [0.1, 0.15) is 23.5 Å². The smallest absolute Gasteiger partial charge is 0.238 e. The van der Waals surface area contributed by atoms with Gasteiger partial charge in [0.2, 0.25) is 5.91 Å². The van der Waals surface area contributed by atoms with Crippen molar-refractivity contribution >= 4 is 44.2 Å². The normalized spacial score (nSPS) is 14.5. The van der Waals surface area contributed by atoms with E-state index >= 15 is 0 Å². The molecule has 0 aliphatic carbocycles. The standard InChI is InChI=1S/C25H24ClN5O3S/c1-17-2-4-18(5-3-17)22-14-21-24(29-22)27-16-28-25(21)31-12-10-30(11-13-31)23(32)15-35(33,34)20-8-6-19(26)7-9-20/h2-9,14,16H,10-13,15H2,1H3,(H,27,28,29). The Bertz CT molecular complexity index is 1480. The van der Waals surface area contributed by atoms with Crippen molar-refractivity contribution in [3.8, 4) is 11.3 Å². The number of hydrogen-bond acceptors (Lipinski definition) is 6. The highest BCUT2D eigenvalue weighted by Crippen LogP contribution is 2.29. The lowest BCUT2D eigenvalue weighted by Gasteiger charge is -2.35. The van der Waals surface area contributed by atoms with E-state index in [9.17, 15) is 13.2 Å². The van der Waals surface area contributed by atoms with Crippen LogP contribution in [0, 0.1) is 6.92 Å². The monoisotopic (exact) mass is 509 g/mol. The van der Waals surface area contributed by atoms with E-state index in [0.29, 0.717) is 31.2 Å². The number of nitrogens with one attached hydrogen (secondary N) is 1. The van der Waals surface area contributed by atoms with Crippen molar-refractivity contribution in [3.05, 3.63) is 71.5 Å². The molecular formula is C25H24ClN5O3S. The lowest BCUT2D eigenvalue weighted by atomic mass is 10.1. The highest BCUT2D eigenvalue weighted by atomic mass is 35.5. The van der Waals surface area contributed by atoms with Gasteiger partial charge in [-0.3, -0.25) is 4.79 Å². The Morgan fingerprint density at radius 3 is 2.37 bits per heavy atom. The second-order valence-corrected chi connectivity index (χ2v) is 11.0. The third-order valence-electron chi connectivity index (χ3n) is 6.19. The molecule has 0 radical (unpaired) electrons. The number of H-pyrrole nitrogens is 1. The summed E-state index contributed by atoms with van der Waals surface area (Å²) in [6.07, 6.45) is 1.53. The lowest BCUT2D eigenvalue weighted by molar-refractivity contribution is -0.128. The number of anilines is 1. The SMILES string of the molecule is Cc1ccc(-c2cc3c(N4CCN(C(=O)CS(=O)(=O)c5ccc(Cl)cc5)CC4)ncnc3[nH]2)cc1. The first kappa shape index (κ1) is 23.3. The summed E-state index contributed by atoms with van der Waals surface area (Å²) >= 11 is 5.84. The fourth-order valence-corrected chi connectivity index (χ4v) is 5.57. The largest absolute Gasteiger partial charge is 0.352 e. The molecule has 1 N–H and O–H groups in total. The summed E-state index contributed by atoms with van der Waals surface area (Å²) < 4.78 is 25.3. The van der Waals surface area contributed by atoms with E-state index in [0.717, 1.165) is 28.1 Å². The number of benzene rings is 2. The van der Waals surface area contributed by atoms with E-state index < -0.39 is 21.5 Å². The van der Waals surface area contributed by atoms with Gasteiger partial charge < -0.3 is 14.8 Å². The van der Waals surface area contributed by atoms with Crippen LogP contribution in [0.3, 0.4) is 0 Å². The predicted molar refractivity (Wildman–Crippen MR) is 136 cm³/mol. The summed E-state index contributed by atoms with van der Waals surface area (Å²) in [7, 11) is -3.73. The maximum atomic E-state index is 12.8. The van der Waals surface area contributed by atoms with Gasteiger partial charge in [0.25, 0.3) is 0 Å². The third-order valence-corrected chi connectivity index (χ3v) is 8.05. The zero-order chi connectivity index (χ0) is 24.6. The molecular weight excluding hydrogens is 486 g/mol. The first-order valence-electron chi connectivity index (χ1n) is 11.2. The number of aryl methyl sites for hydroxylation is 1. The molecule has 0 atom stereocenters. The van der Waals surface area contributed by atoms with Gasteiger partial charge >= 0.3 is 0 Å². The molecule has 8 nitrogen and oxygen atoms in total. The zero-order valence-corrected chi connectivity index (χ0v) is 20.7.